The predicted octanol–water partition coefficient (Wildman–Crippen LogP) is 4.16. The number of hydrogen-bond acceptors (Lipinski definition) is 5. The van der Waals surface area contributed by atoms with Crippen molar-refractivity contribution in [3.63, 3.8) is 0 Å². The van der Waals surface area contributed by atoms with Gasteiger partial charge in [-0.3, -0.25) is 4.79 Å². The Labute approximate surface area is 150 Å². The molecule has 2 heterocycles. The van der Waals surface area contributed by atoms with E-state index in [9.17, 15) is 4.79 Å². The molecule has 130 valence electrons. The maximum absolute atomic E-state index is 12.2. The molecule has 0 aliphatic carbocycles. The van der Waals surface area contributed by atoms with E-state index in [-0.39, 0.29) is 12.0 Å². The molecule has 0 saturated carbocycles. The molecule has 0 saturated heterocycles. The fourth-order valence-electron chi connectivity index (χ4n) is 2.31. The maximum atomic E-state index is 12.2. The number of carbonyl (C=O) groups is 1. The van der Waals surface area contributed by atoms with Crippen LogP contribution in [0.1, 0.15) is 29.9 Å². The van der Waals surface area contributed by atoms with Gasteiger partial charge in [-0.15, -0.1) is 11.3 Å². The number of thiazole rings is 1. The van der Waals surface area contributed by atoms with E-state index in [1.54, 1.807) is 17.7 Å². The van der Waals surface area contributed by atoms with Crippen molar-refractivity contribution in [3.8, 4) is 16.5 Å². The summed E-state index contributed by atoms with van der Waals surface area (Å²) in [6, 6.07) is 11.6. The van der Waals surface area contributed by atoms with E-state index in [0.717, 1.165) is 17.7 Å². The zero-order valence-corrected chi connectivity index (χ0v) is 15.0. The van der Waals surface area contributed by atoms with Crippen LogP contribution in [0.25, 0.3) is 10.8 Å². The first kappa shape index (κ1) is 17.2. The van der Waals surface area contributed by atoms with Gasteiger partial charge in [0.25, 0.3) is 5.91 Å². The third kappa shape index (κ3) is 4.70. The maximum Gasteiger partial charge on any atom is 0.270 e. The summed E-state index contributed by atoms with van der Waals surface area (Å²) in [5, 5.41) is 5.34. The Morgan fingerprint density at radius 2 is 2.08 bits per heavy atom. The minimum Gasteiger partial charge on any atom is -0.491 e. The number of amides is 1. The van der Waals surface area contributed by atoms with Gasteiger partial charge in [-0.2, -0.15) is 0 Å². The van der Waals surface area contributed by atoms with Gasteiger partial charge in [0.05, 0.1) is 12.4 Å². The smallest absolute Gasteiger partial charge is 0.270 e. The van der Waals surface area contributed by atoms with Crippen molar-refractivity contribution < 1.29 is 13.9 Å². The Kier molecular flexibility index (Phi) is 5.50. The van der Waals surface area contributed by atoms with Crippen LogP contribution in [0.5, 0.6) is 5.75 Å². The van der Waals surface area contributed by atoms with Crippen LogP contribution in [0.4, 0.5) is 0 Å². The number of furan rings is 1. The number of benzene rings is 1. The summed E-state index contributed by atoms with van der Waals surface area (Å²) < 4.78 is 10.9. The van der Waals surface area contributed by atoms with Crippen molar-refractivity contribution in [2.45, 2.75) is 26.4 Å². The van der Waals surface area contributed by atoms with E-state index in [1.807, 2.05) is 44.2 Å². The fraction of sp³-hybridized carbons (Fsp3) is 0.263. The molecule has 0 spiro atoms. The molecule has 0 bridgehead atoms. The molecule has 0 radical (unpaired) electrons. The van der Waals surface area contributed by atoms with Gasteiger partial charge in [0.15, 0.2) is 10.8 Å². The van der Waals surface area contributed by atoms with Crippen LogP contribution in [0.3, 0.4) is 0 Å². The quantitative estimate of drug-likeness (QED) is 0.690. The molecule has 0 unspecified atom stereocenters. The summed E-state index contributed by atoms with van der Waals surface area (Å²) >= 11 is 1.39. The zero-order chi connectivity index (χ0) is 17.6. The van der Waals surface area contributed by atoms with Crippen molar-refractivity contribution in [2.75, 3.05) is 6.54 Å². The number of carbonyl (C=O) groups excluding carboxylic acids is 1. The van der Waals surface area contributed by atoms with Crippen molar-refractivity contribution in [1.29, 1.82) is 0 Å². The first-order valence-electron chi connectivity index (χ1n) is 8.15. The van der Waals surface area contributed by atoms with Gasteiger partial charge in [0, 0.05) is 11.9 Å². The highest BCUT2D eigenvalue weighted by molar-refractivity contribution is 7.13. The molecule has 0 aliphatic rings. The average molecular weight is 356 g/mol. The minimum atomic E-state index is -0.172. The first-order valence-corrected chi connectivity index (χ1v) is 9.03. The Bertz CT molecular complexity index is 808. The molecule has 5 nitrogen and oxygen atoms in total. The van der Waals surface area contributed by atoms with Gasteiger partial charge in [0.1, 0.15) is 11.4 Å². The molecule has 0 fully saturated rings. The fourth-order valence-corrected chi connectivity index (χ4v) is 3.08. The molecule has 3 rings (SSSR count). The van der Waals surface area contributed by atoms with E-state index in [0.29, 0.717) is 23.0 Å². The molecule has 1 N–H and O–H groups in total. The summed E-state index contributed by atoms with van der Waals surface area (Å²) in [5.74, 6) is 1.36. The van der Waals surface area contributed by atoms with Crippen LogP contribution < -0.4 is 10.1 Å². The van der Waals surface area contributed by atoms with Gasteiger partial charge in [-0.25, -0.2) is 4.98 Å². The summed E-state index contributed by atoms with van der Waals surface area (Å²) in [5.41, 5.74) is 1.56. The molecule has 6 heteroatoms. The lowest BCUT2D eigenvalue weighted by Gasteiger charge is -2.10. The third-order valence-electron chi connectivity index (χ3n) is 3.46. The second-order valence-electron chi connectivity index (χ2n) is 5.83. The van der Waals surface area contributed by atoms with Crippen LogP contribution in [-0.2, 0) is 6.42 Å². The van der Waals surface area contributed by atoms with E-state index in [4.69, 9.17) is 9.15 Å². The molecule has 0 atom stereocenters. The van der Waals surface area contributed by atoms with E-state index in [1.165, 1.54) is 11.3 Å². The summed E-state index contributed by atoms with van der Waals surface area (Å²) in [7, 11) is 0. The SMILES string of the molecule is CC(C)Oc1ccc(CCNC(=O)c2csc(-c3ccco3)n2)cc1. The number of ether oxygens (including phenoxy) is 1. The van der Waals surface area contributed by atoms with Crippen LogP contribution in [0.15, 0.2) is 52.5 Å². The minimum absolute atomic E-state index is 0.161. The normalized spacial score (nSPS) is 10.8. The highest BCUT2D eigenvalue weighted by Crippen LogP contribution is 2.23. The van der Waals surface area contributed by atoms with Crippen molar-refractivity contribution >= 4 is 17.2 Å². The van der Waals surface area contributed by atoms with Gasteiger partial charge >= 0.3 is 0 Å². The molecule has 1 amide bonds. The van der Waals surface area contributed by atoms with Crippen molar-refractivity contribution in [2.24, 2.45) is 0 Å². The Morgan fingerprint density at radius 1 is 1.28 bits per heavy atom. The standard InChI is InChI=1S/C19H20N2O3S/c1-13(2)24-15-7-5-14(6-8-15)9-10-20-18(22)16-12-25-19(21-16)17-4-3-11-23-17/h3-8,11-13H,9-10H2,1-2H3,(H,20,22). The first-order chi connectivity index (χ1) is 12.1. The topological polar surface area (TPSA) is 64.4 Å². The van der Waals surface area contributed by atoms with Crippen molar-refractivity contribution in [1.82, 2.24) is 10.3 Å². The Morgan fingerprint density at radius 3 is 2.76 bits per heavy atom. The number of aromatic nitrogens is 1. The molecular formula is C19H20N2O3S. The number of nitrogens with one attached hydrogen (secondary N) is 1. The second kappa shape index (κ2) is 7.98. The largest absolute Gasteiger partial charge is 0.491 e. The van der Waals surface area contributed by atoms with Gasteiger partial charge in [-0.05, 0) is 50.1 Å². The second-order valence-corrected chi connectivity index (χ2v) is 6.69. The van der Waals surface area contributed by atoms with E-state index in [2.05, 4.69) is 10.3 Å². The average Bonchev–Trinajstić information content (AvgIpc) is 3.27. The highest BCUT2D eigenvalue weighted by atomic mass is 32.1. The van der Waals surface area contributed by atoms with E-state index >= 15 is 0 Å². The van der Waals surface area contributed by atoms with Gasteiger partial charge in [-0.1, -0.05) is 12.1 Å². The Balaban J connectivity index is 1.49. The van der Waals surface area contributed by atoms with Crippen molar-refractivity contribution in [3.05, 3.63) is 59.3 Å². The number of rotatable bonds is 7. The predicted molar refractivity (Wildman–Crippen MR) is 98.1 cm³/mol. The van der Waals surface area contributed by atoms with Gasteiger partial charge in [0.2, 0.25) is 0 Å². The third-order valence-corrected chi connectivity index (χ3v) is 4.32. The zero-order valence-electron chi connectivity index (χ0n) is 14.2. The number of hydrogen-bond donors (Lipinski definition) is 1. The Hall–Kier alpha value is -2.60. The van der Waals surface area contributed by atoms with Crippen LogP contribution >= 0.6 is 11.3 Å². The summed E-state index contributed by atoms with van der Waals surface area (Å²) in [6.07, 6.45) is 2.51. The van der Waals surface area contributed by atoms with Crippen LogP contribution in [0.2, 0.25) is 0 Å². The lowest BCUT2D eigenvalue weighted by molar-refractivity contribution is 0.0950. The molecule has 3 aromatic rings. The van der Waals surface area contributed by atoms with Crippen LogP contribution in [0, 0.1) is 0 Å². The van der Waals surface area contributed by atoms with E-state index < -0.39 is 0 Å². The molecule has 1 aromatic carbocycles. The molecule has 25 heavy (non-hydrogen) atoms. The highest BCUT2D eigenvalue weighted by Gasteiger charge is 2.12. The summed E-state index contributed by atoms with van der Waals surface area (Å²) in [6.45, 7) is 4.55. The lowest BCUT2D eigenvalue weighted by atomic mass is 10.1. The molecule has 0 aliphatic heterocycles. The van der Waals surface area contributed by atoms with Crippen LogP contribution in [-0.4, -0.2) is 23.5 Å². The molecular weight excluding hydrogens is 336 g/mol. The summed E-state index contributed by atoms with van der Waals surface area (Å²) in [4.78, 5) is 16.5. The monoisotopic (exact) mass is 356 g/mol. The lowest BCUT2D eigenvalue weighted by Crippen LogP contribution is -2.25. The molecule has 2 aromatic heterocycles. The van der Waals surface area contributed by atoms with Gasteiger partial charge < -0.3 is 14.5 Å². The number of nitrogens with zero attached hydrogens (tertiary/aromatic N) is 1.